The van der Waals surface area contributed by atoms with E-state index in [0.717, 1.165) is 0 Å². The summed E-state index contributed by atoms with van der Waals surface area (Å²) >= 11 is 10.4. The van der Waals surface area contributed by atoms with Crippen molar-refractivity contribution in [3.63, 3.8) is 0 Å². The van der Waals surface area contributed by atoms with Crippen molar-refractivity contribution in [1.82, 2.24) is 19.7 Å². The van der Waals surface area contributed by atoms with Crippen molar-refractivity contribution in [3.05, 3.63) is 40.2 Å². The zero-order chi connectivity index (χ0) is 18.7. The first-order valence-electron chi connectivity index (χ1n) is 7.69. The van der Waals surface area contributed by atoms with Gasteiger partial charge in [0.25, 0.3) is 0 Å². The van der Waals surface area contributed by atoms with Crippen LogP contribution in [0.1, 0.15) is 19.9 Å². The molecule has 0 spiro atoms. The number of carbonyl (C=O) groups excluding carboxylic acids is 1. The van der Waals surface area contributed by atoms with Crippen molar-refractivity contribution >= 4 is 51.0 Å². The molecular weight excluding hydrogens is 442 g/mol. The number of hydrogen-bond donors (Lipinski definition) is 1. The molecule has 26 heavy (non-hydrogen) atoms. The molecule has 1 amide bonds. The summed E-state index contributed by atoms with van der Waals surface area (Å²) in [5.41, 5.74) is 0. The van der Waals surface area contributed by atoms with Crippen LogP contribution in [0.15, 0.2) is 44.7 Å². The first kappa shape index (κ1) is 18.9. The van der Waals surface area contributed by atoms with E-state index < -0.39 is 0 Å². The van der Waals surface area contributed by atoms with Gasteiger partial charge < -0.3 is 9.73 Å². The second-order valence-electron chi connectivity index (χ2n) is 5.57. The smallest absolute Gasteiger partial charge is 0.236 e. The summed E-state index contributed by atoms with van der Waals surface area (Å²) in [5.74, 6) is 1.67. The Labute approximate surface area is 167 Å². The van der Waals surface area contributed by atoms with Gasteiger partial charge in [0.1, 0.15) is 5.82 Å². The van der Waals surface area contributed by atoms with E-state index in [0.29, 0.717) is 32.3 Å². The number of rotatable bonds is 6. The van der Waals surface area contributed by atoms with E-state index >= 15 is 0 Å². The highest BCUT2D eigenvalue weighted by Crippen LogP contribution is 2.30. The Balaban J connectivity index is 1.70. The second kappa shape index (κ2) is 8.24. The number of halogens is 2. The predicted molar refractivity (Wildman–Crippen MR) is 104 cm³/mol. The number of nitrogens with one attached hydrogen (secondary N) is 1. The molecule has 10 heteroatoms. The van der Waals surface area contributed by atoms with E-state index in [1.807, 2.05) is 24.5 Å². The van der Waals surface area contributed by atoms with Crippen LogP contribution in [0.5, 0.6) is 0 Å². The van der Waals surface area contributed by atoms with Gasteiger partial charge in [-0.3, -0.25) is 9.36 Å². The molecule has 3 heterocycles. The fourth-order valence-electron chi connectivity index (χ4n) is 2.20. The van der Waals surface area contributed by atoms with Crippen LogP contribution >= 0.6 is 39.3 Å². The number of hydrogen-bond acceptors (Lipinski definition) is 6. The van der Waals surface area contributed by atoms with Gasteiger partial charge in [0, 0.05) is 12.2 Å². The Bertz CT molecular complexity index is 910. The number of anilines is 1. The Hall–Kier alpha value is -1.84. The Kier molecular flexibility index (Phi) is 6.00. The minimum atomic E-state index is -0.189. The van der Waals surface area contributed by atoms with Crippen LogP contribution in [-0.4, -0.2) is 31.4 Å². The molecule has 0 radical (unpaired) electrons. The highest BCUT2D eigenvalue weighted by molar-refractivity contribution is 9.10. The summed E-state index contributed by atoms with van der Waals surface area (Å²) in [4.78, 5) is 16.2. The lowest BCUT2D eigenvalue weighted by Gasteiger charge is -2.12. The number of thioether (sulfide) groups is 1. The second-order valence-corrected chi connectivity index (χ2v) is 7.73. The van der Waals surface area contributed by atoms with E-state index in [-0.39, 0.29) is 17.7 Å². The van der Waals surface area contributed by atoms with Crippen LogP contribution in [0, 0.1) is 0 Å². The molecule has 3 aromatic rings. The minimum absolute atomic E-state index is 0.104. The van der Waals surface area contributed by atoms with Gasteiger partial charge in [0.05, 0.1) is 10.8 Å². The number of nitrogens with zero attached hydrogens (tertiary/aromatic N) is 4. The van der Waals surface area contributed by atoms with Gasteiger partial charge in [-0.05, 0) is 54.0 Å². The minimum Gasteiger partial charge on any atom is -0.446 e. The molecule has 3 rings (SSSR count). The lowest BCUT2D eigenvalue weighted by atomic mass is 10.3. The number of furan rings is 1. The standard InChI is InChI=1S/C16H15BrClN5O2S/c1-9(2)23-15(11-4-5-12(17)25-11)21-22-16(23)26-8-14(24)20-13-6-3-10(18)7-19-13/h3-7,9H,8H2,1-2H3,(H,19,20,24). The molecule has 0 unspecified atom stereocenters. The normalized spacial score (nSPS) is 11.1. The van der Waals surface area contributed by atoms with Crippen LogP contribution in [-0.2, 0) is 4.79 Å². The van der Waals surface area contributed by atoms with Crippen molar-refractivity contribution < 1.29 is 9.21 Å². The molecule has 7 nitrogen and oxygen atoms in total. The van der Waals surface area contributed by atoms with Crippen LogP contribution in [0.2, 0.25) is 5.02 Å². The van der Waals surface area contributed by atoms with E-state index in [1.54, 1.807) is 18.2 Å². The fraction of sp³-hybridized carbons (Fsp3) is 0.250. The molecule has 0 fully saturated rings. The monoisotopic (exact) mass is 455 g/mol. The molecule has 3 aromatic heterocycles. The molecule has 0 saturated carbocycles. The summed E-state index contributed by atoms with van der Waals surface area (Å²) in [6.07, 6.45) is 1.48. The quantitative estimate of drug-likeness (QED) is 0.543. The topological polar surface area (TPSA) is 85.8 Å². The SMILES string of the molecule is CC(C)n1c(SCC(=O)Nc2ccc(Cl)cn2)nnc1-c1ccc(Br)o1. The summed E-state index contributed by atoms with van der Waals surface area (Å²) in [7, 11) is 0. The van der Waals surface area contributed by atoms with Gasteiger partial charge in [-0.2, -0.15) is 0 Å². The largest absolute Gasteiger partial charge is 0.446 e. The van der Waals surface area contributed by atoms with Crippen LogP contribution < -0.4 is 5.32 Å². The summed E-state index contributed by atoms with van der Waals surface area (Å²) in [6, 6.07) is 7.04. The Morgan fingerprint density at radius 2 is 2.15 bits per heavy atom. The van der Waals surface area contributed by atoms with Crippen molar-refractivity contribution in [2.24, 2.45) is 0 Å². The van der Waals surface area contributed by atoms with Crippen LogP contribution in [0.3, 0.4) is 0 Å². The molecule has 0 bridgehead atoms. The van der Waals surface area contributed by atoms with Gasteiger partial charge >= 0.3 is 0 Å². The van der Waals surface area contributed by atoms with Gasteiger partial charge in [-0.25, -0.2) is 4.98 Å². The molecule has 0 aliphatic carbocycles. The summed E-state index contributed by atoms with van der Waals surface area (Å²) < 4.78 is 8.13. The molecule has 0 aromatic carbocycles. The van der Waals surface area contributed by atoms with Crippen LogP contribution in [0.4, 0.5) is 5.82 Å². The first-order chi connectivity index (χ1) is 12.4. The third kappa shape index (κ3) is 4.46. The van der Waals surface area contributed by atoms with E-state index in [4.69, 9.17) is 16.0 Å². The molecular formula is C16H15BrClN5O2S. The maximum atomic E-state index is 12.1. The lowest BCUT2D eigenvalue weighted by molar-refractivity contribution is -0.113. The molecule has 0 saturated heterocycles. The maximum absolute atomic E-state index is 12.1. The number of pyridine rings is 1. The van der Waals surface area contributed by atoms with E-state index in [1.165, 1.54) is 18.0 Å². The molecule has 1 N–H and O–H groups in total. The van der Waals surface area contributed by atoms with Gasteiger partial charge in [-0.15, -0.1) is 10.2 Å². The zero-order valence-electron chi connectivity index (χ0n) is 13.9. The van der Waals surface area contributed by atoms with Crippen molar-refractivity contribution in [1.29, 1.82) is 0 Å². The third-order valence-electron chi connectivity index (χ3n) is 3.30. The average molecular weight is 457 g/mol. The molecule has 0 atom stereocenters. The third-order valence-corrected chi connectivity index (χ3v) is 4.89. The van der Waals surface area contributed by atoms with Gasteiger partial charge in [-0.1, -0.05) is 23.4 Å². The summed E-state index contributed by atoms with van der Waals surface area (Å²) in [5, 5.41) is 12.3. The Morgan fingerprint density at radius 3 is 2.77 bits per heavy atom. The number of amides is 1. The molecule has 0 aliphatic rings. The summed E-state index contributed by atoms with van der Waals surface area (Å²) in [6.45, 7) is 4.04. The van der Waals surface area contributed by atoms with E-state index in [9.17, 15) is 4.79 Å². The van der Waals surface area contributed by atoms with Crippen molar-refractivity contribution in [3.8, 4) is 11.6 Å². The first-order valence-corrected chi connectivity index (χ1v) is 9.84. The molecule has 136 valence electrons. The van der Waals surface area contributed by atoms with Crippen molar-refractivity contribution in [2.45, 2.75) is 25.0 Å². The highest BCUT2D eigenvalue weighted by atomic mass is 79.9. The van der Waals surface area contributed by atoms with Gasteiger partial charge in [0.2, 0.25) is 11.7 Å². The number of aromatic nitrogens is 4. The lowest BCUT2D eigenvalue weighted by Crippen LogP contribution is -2.15. The van der Waals surface area contributed by atoms with Crippen LogP contribution in [0.25, 0.3) is 11.6 Å². The average Bonchev–Trinajstić information content (AvgIpc) is 3.21. The highest BCUT2D eigenvalue weighted by Gasteiger charge is 2.20. The maximum Gasteiger partial charge on any atom is 0.236 e. The van der Waals surface area contributed by atoms with Crippen molar-refractivity contribution in [2.75, 3.05) is 11.1 Å². The Morgan fingerprint density at radius 1 is 1.35 bits per heavy atom. The zero-order valence-corrected chi connectivity index (χ0v) is 17.1. The fourth-order valence-corrected chi connectivity index (χ4v) is 3.49. The van der Waals surface area contributed by atoms with Gasteiger partial charge in [0.15, 0.2) is 15.6 Å². The predicted octanol–water partition coefficient (Wildman–Crippen LogP) is 4.66. The number of carbonyl (C=O) groups is 1. The molecule has 0 aliphatic heterocycles. The van der Waals surface area contributed by atoms with E-state index in [2.05, 4.69) is 36.4 Å².